The Morgan fingerprint density at radius 3 is 1.72 bits per heavy atom. The van der Waals surface area contributed by atoms with Gasteiger partial charge in [0.1, 0.15) is 11.2 Å². The number of hydrogen-bond acceptors (Lipinski definition) is 4. The molecule has 4 heterocycles. The smallest absolute Gasteiger partial charge is 0.167 e. The van der Waals surface area contributed by atoms with Gasteiger partial charge >= 0.3 is 0 Å². The van der Waals surface area contributed by atoms with Gasteiger partial charge in [0, 0.05) is 54.8 Å². The van der Waals surface area contributed by atoms with Crippen molar-refractivity contribution in [2.24, 2.45) is 0 Å². The minimum absolute atomic E-state index is 0.537. The largest absolute Gasteiger partial charge is 0.455 e. The number of benzene rings is 11. The maximum Gasteiger partial charge on any atom is 0.167 e. The first-order valence-electron chi connectivity index (χ1n) is 23.3. The highest BCUT2D eigenvalue weighted by molar-refractivity contribution is 6.21. The number of para-hydroxylation sites is 5. The molecule has 15 aromatic rings. The van der Waals surface area contributed by atoms with Crippen LogP contribution in [0.1, 0.15) is 0 Å². The average molecular weight is 880 g/mol. The highest BCUT2D eigenvalue weighted by atomic mass is 16.3. The van der Waals surface area contributed by atoms with Crippen molar-refractivity contribution in [1.82, 2.24) is 24.1 Å². The minimum Gasteiger partial charge on any atom is -0.455 e. The van der Waals surface area contributed by atoms with Crippen molar-refractivity contribution in [3.8, 4) is 45.5 Å². The Morgan fingerprint density at radius 1 is 0.319 bits per heavy atom. The summed E-state index contributed by atoms with van der Waals surface area (Å²) in [6, 6.07) is 79.7. The summed E-state index contributed by atoms with van der Waals surface area (Å²) in [5, 5.41) is 13.8. The van der Waals surface area contributed by atoms with Crippen molar-refractivity contribution >= 4 is 97.9 Å². The number of rotatable bonds is 5. The van der Waals surface area contributed by atoms with Crippen molar-refractivity contribution in [3.63, 3.8) is 0 Å². The van der Waals surface area contributed by atoms with E-state index in [9.17, 15) is 0 Å². The van der Waals surface area contributed by atoms with Crippen LogP contribution in [0.15, 0.2) is 229 Å². The van der Waals surface area contributed by atoms with E-state index in [1.165, 1.54) is 32.6 Å². The molecule has 0 unspecified atom stereocenters. The Labute approximate surface area is 394 Å². The van der Waals surface area contributed by atoms with Crippen LogP contribution in [0.4, 0.5) is 0 Å². The van der Waals surface area contributed by atoms with Crippen LogP contribution in [0.2, 0.25) is 0 Å². The molecule has 0 fully saturated rings. The van der Waals surface area contributed by atoms with E-state index in [4.69, 9.17) is 19.4 Å². The number of nitrogens with zero attached hydrogens (tertiary/aromatic N) is 5. The van der Waals surface area contributed by atoms with Gasteiger partial charge in [0.15, 0.2) is 17.5 Å². The summed E-state index contributed by atoms with van der Waals surface area (Å²) >= 11 is 0. The van der Waals surface area contributed by atoms with E-state index in [-0.39, 0.29) is 0 Å². The summed E-state index contributed by atoms with van der Waals surface area (Å²) in [4.78, 5) is 16.1. The highest BCUT2D eigenvalue weighted by Crippen LogP contribution is 2.43. The second-order valence-corrected chi connectivity index (χ2v) is 18.0. The van der Waals surface area contributed by atoms with Gasteiger partial charge in [-0.15, -0.1) is 0 Å². The zero-order chi connectivity index (χ0) is 45.2. The van der Waals surface area contributed by atoms with Gasteiger partial charge in [-0.1, -0.05) is 152 Å². The van der Waals surface area contributed by atoms with Crippen LogP contribution < -0.4 is 0 Å². The maximum atomic E-state index is 6.99. The van der Waals surface area contributed by atoms with Gasteiger partial charge in [0.25, 0.3) is 0 Å². The number of fused-ring (bicyclic) bond motifs is 13. The first-order chi connectivity index (χ1) is 34.2. The Morgan fingerprint density at radius 2 is 0.913 bits per heavy atom. The third-order valence-corrected chi connectivity index (χ3v) is 14.1. The normalized spacial score (nSPS) is 12.1. The van der Waals surface area contributed by atoms with Crippen molar-refractivity contribution in [1.29, 1.82) is 0 Å². The SMILES string of the molecule is c1ccc(-n2c3ccccc3c3cccc(-c4nc(-c5ccc6ccccc6c5)nc(-c5cccc6c5oc5ccc7ccc(-n8c9ccccc9c9cc%10ccccc%10cc98)cc7c56)n4)c32)cc1. The average Bonchev–Trinajstić information content (AvgIpc) is 4.08. The molecule has 0 spiro atoms. The molecule has 6 heteroatoms. The van der Waals surface area contributed by atoms with Crippen LogP contribution in [0.3, 0.4) is 0 Å². The molecule has 11 aromatic carbocycles. The standard InChI is InChI=1S/C63H37N5O/c1-2-18-44(19-3-1)68-55-27-11-8-20-46(55)48-22-12-24-50(59(48)68)62-64-61(43-29-28-38-14-4-5-15-40(38)34-43)65-63(66-62)51-25-13-23-49-58-52-37-45(32-30-39(52)31-33-57(58)69-60(49)51)67-54-26-10-9-21-47(54)53-35-41-16-6-7-17-42(41)36-56(53)67/h1-37H. The lowest BCUT2D eigenvalue weighted by Crippen LogP contribution is -2.02. The van der Waals surface area contributed by atoms with Gasteiger partial charge < -0.3 is 13.6 Å². The Balaban J connectivity index is 0.972. The summed E-state index contributed by atoms with van der Waals surface area (Å²) in [6.07, 6.45) is 0. The number of hydrogen-bond donors (Lipinski definition) is 0. The van der Waals surface area contributed by atoms with Crippen LogP contribution in [0.25, 0.3) is 143 Å². The molecular weight excluding hydrogens is 843 g/mol. The monoisotopic (exact) mass is 879 g/mol. The molecule has 0 atom stereocenters. The van der Waals surface area contributed by atoms with Crippen molar-refractivity contribution in [3.05, 3.63) is 224 Å². The van der Waals surface area contributed by atoms with Gasteiger partial charge in [-0.25, -0.2) is 15.0 Å². The molecule has 0 saturated heterocycles. The second kappa shape index (κ2) is 14.6. The molecule has 0 saturated carbocycles. The van der Waals surface area contributed by atoms with E-state index in [1.54, 1.807) is 0 Å². The molecule has 69 heavy (non-hydrogen) atoms. The fraction of sp³-hybridized carbons (Fsp3) is 0. The summed E-state index contributed by atoms with van der Waals surface area (Å²) in [5.41, 5.74) is 10.8. The van der Waals surface area contributed by atoms with Crippen molar-refractivity contribution in [2.45, 2.75) is 0 Å². The minimum atomic E-state index is 0.537. The van der Waals surface area contributed by atoms with Gasteiger partial charge in [0.2, 0.25) is 0 Å². The molecule has 0 bridgehead atoms. The van der Waals surface area contributed by atoms with E-state index in [0.29, 0.717) is 17.5 Å². The molecule has 0 aliphatic carbocycles. The van der Waals surface area contributed by atoms with Gasteiger partial charge in [0.05, 0.1) is 27.6 Å². The predicted molar refractivity (Wildman–Crippen MR) is 285 cm³/mol. The van der Waals surface area contributed by atoms with Crippen LogP contribution >= 0.6 is 0 Å². The third-order valence-electron chi connectivity index (χ3n) is 14.1. The number of aromatic nitrogens is 5. The van der Waals surface area contributed by atoms with Gasteiger partial charge in [-0.05, 0) is 105 Å². The molecule has 4 aromatic heterocycles. The summed E-state index contributed by atoms with van der Waals surface area (Å²) < 4.78 is 11.7. The second-order valence-electron chi connectivity index (χ2n) is 18.0. The molecule has 0 amide bonds. The quantitative estimate of drug-likeness (QED) is 0.173. The Bertz CT molecular complexity index is 4620. The first kappa shape index (κ1) is 37.8. The zero-order valence-electron chi connectivity index (χ0n) is 37.0. The molecule has 15 rings (SSSR count). The Kier molecular flexibility index (Phi) is 7.97. The molecular formula is C63H37N5O. The molecule has 0 aliphatic heterocycles. The van der Waals surface area contributed by atoms with Crippen LogP contribution in [0, 0.1) is 0 Å². The lowest BCUT2D eigenvalue weighted by Gasteiger charge is -2.13. The number of furan rings is 1. The lowest BCUT2D eigenvalue weighted by molar-refractivity contribution is 0.670. The Hall–Kier alpha value is -9.39. The van der Waals surface area contributed by atoms with E-state index in [2.05, 4.69) is 234 Å². The molecule has 0 aliphatic rings. The van der Waals surface area contributed by atoms with E-state index >= 15 is 0 Å². The topological polar surface area (TPSA) is 61.7 Å². The molecule has 0 N–H and O–H groups in total. The van der Waals surface area contributed by atoms with E-state index in [0.717, 1.165) is 93.4 Å². The third kappa shape index (κ3) is 5.69. The van der Waals surface area contributed by atoms with Gasteiger partial charge in [-0.2, -0.15) is 0 Å². The van der Waals surface area contributed by atoms with Crippen LogP contribution in [-0.2, 0) is 0 Å². The summed E-state index contributed by atoms with van der Waals surface area (Å²) in [5.74, 6) is 1.70. The van der Waals surface area contributed by atoms with Crippen LogP contribution in [0.5, 0.6) is 0 Å². The highest BCUT2D eigenvalue weighted by Gasteiger charge is 2.23. The summed E-state index contributed by atoms with van der Waals surface area (Å²) in [7, 11) is 0. The first-order valence-corrected chi connectivity index (χ1v) is 23.3. The van der Waals surface area contributed by atoms with E-state index < -0.39 is 0 Å². The fourth-order valence-electron chi connectivity index (χ4n) is 11.0. The maximum absolute atomic E-state index is 6.99. The van der Waals surface area contributed by atoms with E-state index in [1.807, 2.05) is 0 Å². The fourth-order valence-corrected chi connectivity index (χ4v) is 11.0. The zero-order valence-corrected chi connectivity index (χ0v) is 37.0. The van der Waals surface area contributed by atoms with Crippen LogP contribution in [-0.4, -0.2) is 24.1 Å². The predicted octanol–water partition coefficient (Wildman–Crippen LogP) is 16.4. The lowest BCUT2D eigenvalue weighted by atomic mass is 10.0. The molecule has 320 valence electrons. The van der Waals surface area contributed by atoms with Gasteiger partial charge in [-0.3, -0.25) is 0 Å². The summed E-state index contributed by atoms with van der Waals surface area (Å²) in [6.45, 7) is 0. The molecule has 0 radical (unpaired) electrons. The molecule has 6 nitrogen and oxygen atoms in total. The van der Waals surface area contributed by atoms with Crippen molar-refractivity contribution in [2.75, 3.05) is 0 Å². The van der Waals surface area contributed by atoms with Crippen molar-refractivity contribution < 1.29 is 4.42 Å².